The van der Waals surface area contributed by atoms with Crippen LogP contribution in [0.15, 0.2) is 0 Å². The van der Waals surface area contributed by atoms with Gasteiger partial charge in [-0.2, -0.15) is 0 Å². The van der Waals surface area contributed by atoms with Gasteiger partial charge in [0.1, 0.15) is 0 Å². The highest BCUT2D eigenvalue weighted by molar-refractivity contribution is 5.79. The Kier molecular flexibility index (Phi) is 5.62. The van der Waals surface area contributed by atoms with Crippen LogP contribution in [0.3, 0.4) is 0 Å². The number of nitrogens with one attached hydrogen (secondary N) is 1. The summed E-state index contributed by atoms with van der Waals surface area (Å²) in [6, 6.07) is 0.338. The number of rotatable bonds is 4. The quantitative estimate of drug-likeness (QED) is 0.797. The Morgan fingerprint density at radius 3 is 2.43 bits per heavy atom. The molecule has 1 saturated heterocycles. The van der Waals surface area contributed by atoms with E-state index < -0.39 is 0 Å². The molecule has 1 aliphatic carbocycles. The van der Waals surface area contributed by atoms with E-state index >= 15 is 0 Å². The molecule has 120 valence electrons. The molecule has 1 amide bonds. The van der Waals surface area contributed by atoms with Crippen LogP contribution in [0.1, 0.15) is 39.5 Å². The van der Waals surface area contributed by atoms with Crippen molar-refractivity contribution in [3.8, 4) is 0 Å². The van der Waals surface area contributed by atoms with Crippen LogP contribution in [0, 0.1) is 17.8 Å². The molecule has 0 aromatic carbocycles. The van der Waals surface area contributed by atoms with E-state index in [4.69, 9.17) is 4.74 Å². The van der Waals surface area contributed by atoms with E-state index in [2.05, 4.69) is 17.1 Å². The number of esters is 1. The number of carbonyl (C=O) groups is 2. The van der Waals surface area contributed by atoms with Crippen LogP contribution < -0.4 is 5.32 Å². The lowest BCUT2D eigenvalue weighted by Gasteiger charge is -2.27. The highest BCUT2D eigenvalue weighted by Gasteiger charge is 2.36. The van der Waals surface area contributed by atoms with Crippen LogP contribution in [0.2, 0.25) is 0 Å². The summed E-state index contributed by atoms with van der Waals surface area (Å²) in [4.78, 5) is 25.8. The maximum absolute atomic E-state index is 12.1. The Morgan fingerprint density at radius 2 is 1.81 bits per heavy atom. The lowest BCUT2D eigenvalue weighted by Crippen LogP contribution is -2.43. The third-order valence-electron chi connectivity index (χ3n) is 4.94. The molecule has 1 N–H and O–H groups in total. The number of methoxy groups -OCH3 is 1. The van der Waals surface area contributed by atoms with E-state index in [0.717, 1.165) is 25.3 Å². The Hall–Kier alpha value is -1.10. The summed E-state index contributed by atoms with van der Waals surface area (Å²) < 4.78 is 4.82. The van der Waals surface area contributed by atoms with E-state index in [1.54, 1.807) is 0 Å². The van der Waals surface area contributed by atoms with Gasteiger partial charge in [0.2, 0.25) is 5.91 Å². The topological polar surface area (TPSA) is 58.6 Å². The van der Waals surface area contributed by atoms with Crippen molar-refractivity contribution in [2.75, 3.05) is 26.7 Å². The minimum Gasteiger partial charge on any atom is -0.469 e. The fourth-order valence-electron chi connectivity index (χ4n) is 3.54. The van der Waals surface area contributed by atoms with Gasteiger partial charge in [-0.05, 0) is 37.5 Å². The second-order valence-corrected chi connectivity index (χ2v) is 6.83. The molecule has 1 aliphatic heterocycles. The molecule has 0 aromatic rings. The summed E-state index contributed by atoms with van der Waals surface area (Å²) in [5.74, 6) is 0.872. The average molecular weight is 296 g/mol. The first-order chi connectivity index (χ1) is 9.99. The summed E-state index contributed by atoms with van der Waals surface area (Å²) in [5.41, 5.74) is 0. The van der Waals surface area contributed by atoms with Crippen LogP contribution in [0.5, 0.6) is 0 Å². The predicted molar refractivity (Wildman–Crippen MR) is 80.7 cm³/mol. The molecule has 21 heavy (non-hydrogen) atoms. The normalized spacial score (nSPS) is 33.7. The molecular formula is C16H28N2O3. The molecule has 2 fully saturated rings. The number of likely N-dealkylation sites (tertiary alicyclic amines) is 1. The van der Waals surface area contributed by atoms with Gasteiger partial charge in [0, 0.05) is 19.1 Å². The third kappa shape index (κ3) is 4.43. The Bertz CT molecular complexity index is 378. The number of hydrogen-bond donors (Lipinski definition) is 1. The lowest BCUT2D eigenvalue weighted by atomic mass is 9.87. The highest BCUT2D eigenvalue weighted by atomic mass is 16.5. The van der Waals surface area contributed by atoms with E-state index in [0.29, 0.717) is 19.1 Å². The van der Waals surface area contributed by atoms with Crippen molar-refractivity contribution >= 4 is 11.9 Å². The second kappa shape index (κ2) is 7.25. The number of carbonyl (C=O) groups excluding carboxylic acids is 2. The van der Waals surface area contributed by atoms with Gasteiger partial charge in [-0.1, -0.05) is 13.8 Å². The molecule has 5 heteroatoms. The third-order valence-corrected chi connectivity index (χ3v) is 4.94. The zero-order valence-corrected chi connectivity index (χ0v) is 13.4. The van der Waals surface area contributed by atoms with Crippen molar-refractivity contribution in [1.29, 1.82) is 0 Å². The van der Waals surface area contributed by atoms with Crippen molar-refractivity contribution in [2.45, 2.75) is 45.6 Å². The summed E-state index contributed by atoms with van der Waals surface area (Å²) in [5, 5.41) is 3.14. The van der Waals surface area contributed by atoms with Gasteiger partial charge in [-0.3, -0.25) is 14.5 Å². The summed E-state index contributed by atoms with van der Waals surface area (Å²) in [7, 11) is 1.43. The number of nitrogens with zero attached hydrogens (tertiary/aromatic N) is 1. The van der Waals surface area contributed by atoms with Gasteiger partial charge in [-0.15, -0.1) is 0 Å². The van der Waals surface area contributed by atoms with Crippen molar-refractivity contribution in [3.05, 3.63) is 0 Å². The van der Waals surface area contributed by atoms with Crippen molar-refractivity contribution in [3.63, 3.8) is 0 Å². The molecule has 1 saturated carbocycles. The fraction of sp³-hybridized carbons (Fsp3) is 0.875. The smallest absolute Gasteiger partial charge is 0.310 e. The average Bonchev–Trinajstić information content (AvgIpc) is 2.81. The number of amides is 1. The molecule has 0 radical (unpaired) electrons. The van der Waals surface area contributed by atoms with Crippen molar-refractivity contribution in [2.24, 2.45) is 17.8 Å². The van der Waals surface area contributed by atoms with Gasteiger partial charge in [0.05, 0.1) is 19.6 Å². The molecule has 2 unspecified atom stereocenters. The minimum absolute atomic E-state index is 0.0901. The maximum Gasteiger partial charge on any atom is 0.310 e. The van der Waals surface area contributed by atoms with E-state index in [1.165, 1.54) is 20.0 Å². The first-order valence-electron chi connectivity index (χ1n) is 8.09. The Balaban J connectivity index is 1.75. The van der Waals surface area contributed by atoms with Crippen LogP contribution in [-0.4, -0.2) is 49.6 Å². The first kappa shape index (κ1) is 16.3. The zero-order chi connectivity index (χ0) is 15.4. The van der Waals surface area contributed by atoms with Gasteiger partial charge in [-0.25, -0.2) is 0 Å². The molecule has 0 bridgehead atoms. The van der Waals surface area contributed by atoms with Gasteiger partial charge >= 0.3 is 5.97 Å². The van der Waals surface area contributed by atoms with E-state index in [-0.39, 0.29) is 23.7 Å². The van der Waals surface area contributed by atoms with E-state index in [9.17, 15) is 9.59 Å². The SMILES string of the molecule is COC(=O)C1CN(CC(=O)NC2CCC(C)CC2)CC1C. The zero-order valence-electron chi connectivity index (χ0n) is 13.4. The van der Waals surface area contributed by atoms with Crippen molar-refractivity contribution < 1.29 is 14.3 Å². The highest BCUT2D eigenvalue weighted by Crippen LogP contribution is 2.25. The molecule has 2 atom stereocenters. The maximum atomic E-state index is 12.1. The largest absolute Gasteiger partial charge is 0.469 e. The molecule has 2 rings (SSSR count). The standard InChI is InChI=1S/C16H28N2O3/c1-11-4-6-13(7-5-11)17-15(19)10-18-8-12(2)14(9-18)16(20)21-3/h11-14H,4-10H2,1-3H3,(H,17,19). The van der Waals surface area contributed by atoms with Crippen molar-refractivity contribution in [1.82, 2.24) is 10.2 Å². The molecule has 1 heterocycles. The minimum atomic E-state index is -0.160. The van der Waals surface area contributed by atoms with Crippen LogP contribution >= 0.6 is 0 Å². The molecule has 0 aromatic heterocycles. The van der Waals surface area contributed by atoms with Crippen LogP contribution in [0.25, 0.3) is 0 Å². The summed E-state index contributed by atoms with van der Waals surface area (Å²) >= 11 is 0. The van der Waals surface area contributed by atoms with E-state index in [1.807, 2.05) is 6.92 Å². The van der Waals surface area contributed by atoms with Gasteiger partial charge < -0.3 is 10.1 Å². The van der Waals surface area contributed by atoms with Gasteiger partial charge in [0.15, 0.2) is 0 Å². The number of ether oxygens (including phenoxy) is 1. The monoisotopic (exact) mass is 296 g/mol. The second-order valence-electron chi connectivity index (χ2n) is 6.83. The summed E-state index contributed by atoms with van der Waals surface area (Å²) in [6.07, 6.45) is 4.59. The molecule has 5 nitrogen and oxygen atoms in total. The first-order valence-corrected chi connectivity index (χ1v) is 8.09. The predicted octanol–water partition coefficient (Wildman–Crippen LogP) is 1.42. The fourth-order valence-corrected chi connectivity index (χ4v) is 3.54. The Morgan fingerprint density at radius 1 is 1.14 bits per heavy atom. The van der Waals surface area contributed by atoms with Gasteiger partial charge in [0.25, 0.3) is 0 Å². The Labute approximate surface area is 127 Å². The lowest BCUT2D eigenvalue weighted by molar-refractivity contribution is -0.146. The molecular weight excluding hydrogens is 268 g/mol. The molecule has 2 aliphatic rings. The van der Waals surface area contributed by atoms with Crippen LogP contribution in [0.4, 0.5) is 0 Å². The molecule has 0 spiro atoms. The number of hydrogen-bond acceptors (Lipinski definition) is 4. The van der Waals surface area contributed by atoms with Crippen LogP contribution in [-0.2, 0) is 14.3 Å². The summed E-state index contributed by atoms with van der Waals surface area (Å²) in [6.45, 7) is 6.13.